The van der Waals surface area contributed by atoms with Gasteiger partial charge in [0.1, 0.15) is 5.75 Å². The maximum atomic E-state index is 9.69. The Kier molecular flexibility index (Phi) is 5.74. The Labute approximate surface area is 172 Å². The predicted molar refractivity (Wildman–Crippen MR) is 116 cm³/mol. The number of aromatic nitrogens is 1. The molecule has 146 valence electrons. The van der Waals surface area contributed by atoms with Gasteiger partial charge in [-0.2, -0.15) is 0 Å². The van der Waals surface area contributed by atoms with E-state index in [9.17, 15) is 5.11 Å². The monoisotopic (exact) mass is 394 g/mol. The smallest absolute Gasteiger partial charge is 0.115 e. The van der Waals surface area contributed by atoms with Gasteiger partial charge < -0.3 is 15.0 Å². The first kappa shape index (κ1) is 19.1. The molecule has 0 aliphatic heterocycles. The molecule has 1 heterocycles. The lowest BCUT2D eigenvalue weighted by Gasteiger charge is -2.22. The average Bonchev–Trinajstić information content (AvgIpc) is 3.05. The molecule has 1 aliphatic carbocycles. The molecule has 1 saturated carbocycles. The molecular weight excluding hydrogens is 368 g/mol. The molecule has 0 radical (unpaired) electrons. The zero-order chi connectivity index (χ0) is 19.5. The quantitative estimate of drug-likeness (QED) is 0.537. The number of benzene rings is 2. The summed E-state index contributed by atoms with van der Waals surface area (Å²) in [5, 5.41) is 14.2. The second-order valence-corrected chi connectivity index (χ2v) is 8.15. The summed E-state index contributed by atoms with van der Waals surface area (Å²) in [7, 11) is 0. The lowest BCUT2D eigenvalue weighted by Crippen LogP contribution is -2.30. The lowest BCUT2D eigenvalue weighted by molar-refractivity contribution is 0.372. The first-order valence-electron chi connectivity index (χ1n) is 10.1. The van der Waals surface area contributed by atoms with Gasteiger partial charge in [0.2, 0.25) is 0 Å². The predicted octanol–water partition coefficient (Wildman–Crippen LogP) is 6.23. The van der Waals surface area contributed by atoms with Gasteiger partial charge in [-0.1, -0.05) is 43.0 Å². The van der Waals surface area contributed by atoms with E-state index in [0.29, 0.717) is 6.04 Å². The van der Waals surface area contributed by atoms with Crippen LogP contribution in [0.4, 0.5) is 0 Å². The number of hydrogen-bond donors (Lipinski definition) is 2. The van der Waals surface area contributed by atoms with E-state index >= 15 is 0 Å². The molecule has 2 aromatic carbocycles. The summed E-state index contributed by atoms with van der Waals surface area (Å²) in [4.78, 5) is 0. The number of phenolic OH excluding ortho intramolecular Hbond substituents is 1. The molecule has 4 rings (SSSR count). The Bertz CT molecular complexity index is 922. The first-order chi connectivity index (χ1) is 13.6. The van der Waals surface area contributed by atoms with Crippen LogP contribution in [0.1, 0.15) is 43.4 Å². The van der Waals surface area contributed by atoms with Crippen LogP contribution in [0.5, 0.6) is 5.75 Å². The van der Waals surface area contributed by atoms with Crippen molar-refractivity contribution >= 4 is 11.6 Å². The molecule has 0 amide bonds. The summed E-state index contributed by atoms with van der Waals surface area (Å²) in [5.41, 5.74) is 5.84. The summed E-state index contributed by atoms with van der Waals surface area (Å²) < 4.78 is 2.26. The SMILES string of the molecule is Cc1c(CNC2CCCCC2)cc(-c2ccc(Cl)cc2)n1-c1ccc(O)cc1. The fourth-order valence-corrected chi connectivity index (χ4v) is 4.29. The van der Waals surface area contributed by atoms with Crippen LogP contribution >= 0.6 is 11.6 Å². The fraction of sp³-hybridized carbons (Fsp3) is 0.333. The van der Waals surface area contributed by atoms with Crippen molar-refractivity contribution in [2.45, 2.75) is 51.6 Å². The Morgan fingerprint density at radius 1 is 1.00 bits per heavy atom. The molecule has 0 atom stereocenters. The molecule has 0 bridgehead atoms. The van der Waals surface area contributed by atoms with Gasteiger partial charge in [0, 0.05) is 29.0 Å². The number of phenols is 1. The van der Waals surface area contributed by atoms with Gasteiger partial charge in [-0.25, -0.2) is 0 Å². The van der Waals surface area contributed by atoms with E-state index in [4.69, 9.17) is 11.6 Å². The standard InChI is InChI=1S/C24H27ClN2O/c1-17-19(16-26-21-5-3-2-4-6-21)15-24(18-7-9-20(25)10-8-18)27(17)22-11-13-23(28)14-12-22/h7-15,21,26,28H,2-6,16H2,1H3. The fourth-order valence-electron chi connectivity index (χ4n) is 4.17. The molecule has 0 unspecified atom stereocenters. The molecule has 28 heavy (non-hydrogen) atoms. The van der Waals surface area contributed by atoms with Gasteiger partial charge in [0.15, 0.2) is 0 Å². The molecule has 4 heteroatoms. The van der Waals surface area contributed by atoms with Crippen molar-refractivity contribution in [1.82, 2.24) is 9.88 Å². The van der Waals surface area contributed by atoms with E-state index in [2.05, 4.69) is 35.0 Å². The van der Waals surface area contributed by atoms with Gasteiger partial charge >= 0.3 is 0 Å². The summed E-state index contributed by atoms with van der Waals surface area (Å²) in [5.74, 6) is 0.279. The Morgan fingerprint density at radius 2 is 1.68 bits per heavy atom. The van der Waals surface area contributed by atoms with Crippen molar-refractivity contribution in [2.24, 2.45) is 0 Å². The number of rotatable bonds is 5. The van der Waals surface area contributed by atoms with E-state index in [-0.39, 0.29) is 5.75 Å². The van der Waals surface area contributed by atoms with Gasteiger partial charge in [-0.05, 0) is 73.4 Å². The van der Waals surface area contributed by atoms with Crippen molar-refractivity contribution in [3.05, 3.63) is 70.9 Å². The van der Waals surface area contributed by atoms with Crippen molar-refractivity contribution < 1.29 is 5.11 Å². The Hall–Kier alpha value is -2.23. The number of halogens is 1. The summed E-state index contributed by atoms with van der Waals surface area (Å²) in [6.07, 6.45) is 6.60. The minimum atomic E-state index is 0.279. The second-order valence-electron chi connectivity index (χ2n) is 7.71. The number of aromatic hydroxyl groups is 1. The van der Waals surface area contributed by atoms with Crippen molar-refractivity contribution in [3.63, 3.8) is 0 Å². The largest absolute Gasteiger partial charge is 0.508 e. The van der Waals surface area contributed by atoms with Crippen LogP contribution in [0.25, 0.3) is 16.9 Å². The molecule has 0 spiro atoms. The van der Waals surface area contributed by atoms with E-state index in [1.807, 2.05) is 24.3 Å². The van der Waals surface area contributed by atoms with Gasteiger partial charge in [-0.3, -0.25) is 0 Å². The van der Waals surface area contributed by atoms with E-state index in [0.717, 1.165) is 28.5 Å². The van der Waals surface area contributed by atoms with Crippen LogP contribution in [0.2, 0.25) is 5.02 Å². The number of hydrogen-bond acceptors (Lipinski definition) is 2. The molecule has 3 aromatic rings. The van der Waals surface area contributed by atoms with E-state index < -0.39 is 0 Å². The minimum absolute atomic E-state index is 0.279. The van der Waals surface area contributed by atoms with Gasteiger partial charge in [0.05, 0.1) is 5.69 Å². The maximum absolute atomic E-state index is 9.69. The van der Waals surface area contributed by atoms with Crippen molar-refractivity contribution in [1.29, 1.82) is 0 Å². The van der Waals surface area contributed by atoms with Crippen LogP contribution in [-0.2, 0) is 6.54 Å². The van der Waals surface area contributed by atoms with E-state index in [1.165, 1.54) is 43.4 Å². The molecule has 3 nitrogen and oxygen atoms in total. The van der Waals surface area contributed by atoms with Crippen molar-refractivity contribution in [3.8, 4) is 22.7 Å². The zero-order valence-electron chi connectivity index (χ0n) is 16.3. The molecular formula is C24H27ClN2O. The third kappa shape index (κ3) is 4.11. The van der Waals surface area contributed by atoms with Crippen LogP contribution in [0.15, 0.2) is 54.6 Å². The summed E-state index contributed by atoms with van der Waals surface area (Å²) in [6.45, 7) is 3.05. The highest BCUT2D eigenvalue weighted by molar-refractivity contribution is 6.30. The topological polar surface area (TPSA) is 37.2 Å². The van der Waals surface area contributed by atoms with Crippen LogP contribution in [0, 0.1) is 6.92 Å². The number of nitrogens with zero attached hydrogens (tertiary/aromatic N) is 1. The Balaban J connectivity index is 1.70. The molecule has 1 aliphatic rings. The van der Waals surface area contributed by atoms with Crippen molar-refractivity contribution in [2.75, 3.05) is 0 Å². The molecule has 2 N–H and O–H groups in total. The highest BCUT2D eigenvalue weighted by Gasteiger charge is 2.17. The highest BCUT2D eigenvalue weighted by Crippen LogP contribution is 2.31. The lowest BCUT2D eigenvalue weighted by atomic mass is 9.95. The molecule has 0 saturated heterocycles. The normalized spacial score (nSPS) is 15.1. The molecule has 1 aromatic heterocycles. The zero-order valence-corrected chi connectivity index (χ0v) is 17.0. The summed E-state index contributed by atoms with van der Waals surface area (Å²) >= 11 is 6.10. The van der Waals surface area contributed by atoms with Crippen LogP contribution in [-0.4, -0.2) is 15.7 Å². The third-order valence-corrected chi connectivity index (χ3v) is 6.04. The van der Waals surface area contributed by atoms with Crippen LogP contribution < -0.4 is 5.32 Å². The second kappa shape index (κ2) is 8.42. The third-order valence-electron chi connectivity index (χ3n) is 5.79. The van der Waals surface area contributed by atoms with Gasteiger partial charge in [0.25, 0.3) is 0 Å². The summed E-state index contributed by atoms with van der Waals surface area (Å²) in [6, 6.07) is 18.3. The number of nitrogens with one attached hydrogen (secondary N) is 1. The average molecular weight is 395 g/mol. The minimum Gasteiger partial charge on any atom is -0.508 e. The first-order valence-corrected chi connectivity index (χ1v) is 10.5. The maximum Gasteiger partial charge on any atom is 0.115 e. The van der Waals surface area contributed by atoms with E-state index in [1.54, 1.807) is 12.1 Å². The van der Waals surface area contributed by atoms with Crippen LogP contribution in [0.3, 0.4) is 0 Å². The Morgan fingerprint density at radius 3 is 2.36 bits per heavy atom. The highest BCUT2D eigenvalue weighted by atomic mass is 35.5. The van der Waals surface area contributed by atoms with Gasteiger partial charge in [-0.15, -0.1) is 0 Å². The molecule has 1 fully saturated rings.